The monoisotopic (exact) mass is 375 g/mol. The first-order valence-corrected chi connectivity index (χ1v) is 8.57. The van der Waals surface area contributed by atoms with Gasteiger partial charge in [-0.2, -0.15) is 22.3 Å². The Hall–Kier alpha value is 1.11. The predicted octanol–water partition coefficient (Wildman–Crippen LogP) is -6.38. The summed E-state index contributed by atoms with van der Waals surface area (Å²) < 4.78 is 2.43. The first-order valence-electron chi connectivity index (χ1n) is 5.62. The first kappa shape index (κ1) is 28.3. The SMILES string of the molecule is Cc1c(C)c(C)[c-]([Si](C)(C)N(C)C)c1C.[Cl-].[Cl-].[Cl-].[Ti+4]. The number of halogens is 3. The standard InChI is InChI=1S/C13H24NSi.3ClH.Ti/c1-9-10(2)12(4)13(11(9)3)15(7,8)14(5)6;;;;/h1-8H3;3*1H;/q-1;;;;+4/p-3. The molecule has 0 aliphatic rings. The first-order chi connectivity index (χ1) is 6.71. The zero-order valence-corrected chi connectivity index (χ0v) is 17.9. The molecule has 0 aromatic heterocycles. The Balaban J connectivity index is -0.000000281. The molecule has 0 aliphatic heterocycles. The zero-order chi connectivity index (χ0) is 12.0. The smallest absolute Gasteiger partial charge is 1.00 e. The van der Waals surface area contributed by atoms with Crippen molar-refractivity contribution < 1.29 is 58.9 Å². The van der Waals surface area contributed by atoms with E-state index in [0.717, 1.165) is 0 Å². The second kappa shape index (κ2) is 9.94. The van der Waals surface area contributed by atoms with Crippen molar-refractivity contribution in [3.63, 3.8) is 0 Å². The van der Waals surface area contributed by atoms with Crippen molar-refractivity contribution in [2.75, 3.05) is 14.1 Å². The molecule has 0 N–H and O–H groups in total. The molecular formula is C13H24Cl3NSiTi. The van der Waals surface area contributed by atoms with E-state index in [9.17, 15) is 0 Å². The van der Waals surface area contributed by atoms with Crippen LogP contribution in [-0.4, -0.2) is 26.9 Å². The van der Waals surface area contributed by atoms with Crippen LogP contribution in [0.25, 0.3) is 0 Å². The van der Waals surface area contributed by atoms with Crippen LogP contribution in [-0.2, 0) is 21.7 Å². The van der Waals surface area contributed by atoms with Crippen LogP contribution in [0.1, 0.15) is 22.3 Å². The predicted molar refractivity (Wildman–Crippen MR) is 71.8 cm³/mol. The molecule has 0 bridgehead atoms. The van der Waals surface area contributed by atoms with E-state index in [4.69, 9.17) is 0 Å². The number of nitrogens with zero attached hydrogens (tertiary/aromatic N) is 1. The summed E-state index contributed by atoms with van der Waals surface area (Å²) in [4.78, 5) is 0. The summed E-state index contributed by atoms with van der Waals surface area (Å²) in [5, 5.41) is 1.64. The van der Waals surface area contributed by atoms with E-state index in [2.05, 4.69) is 59.4 Å². The third-order valence-corrected chi connectivity index (χ3v) is 8.38. The van der Waals surface area contributed by atoms with Gasteiger partial charge in [-0.25, -0.2) is 0 Å². The van der Waals surface area contributed by atoms with E-state index >= 15 is 0 Å². The molecule has 0 aliphatic carbocycles. The quantitative estimate of drug-likeness (QED) is 0.367. The molecule has 110 valence electrons. The van der Waals surface area contributed by atoms with Crippen LogP contribution in [0.3, 0.4) is 0 Å². The second-order valence-corrected chi connectivity index (χ2v) is 9.84. The summed E-state index contributed by atoms with van der Waals surface area (Å²) in [5.74, 6) is 0. The molecule has 1 rings (SSSR count). The van der Waals surface area contributed by atoms with Gasteiger partial charge in [-0.1, -0.05) is 40.8 Å². The molecule has 6 heteroatoms. The molecular weight excluding hydrogens is 352 g/mol. The van der Waals surface area contributed by atoms with Crippen LogP contribution in [0, 0.1) is 27.7 Å². The maximum atomic E-state index is 2.43. The minimum Gasteiger partial charge on any atom is -1.00 e. The molecule has 0 atom stereocenters. The third kappa shape index (κ3) is 5.10. The van der Waals surface area contributed by atoms with Crippen molar-refractivity contribution in [3.05, 3.63) is 22.3 Å². The Morgan fingerprint density at radius 2 is 1.05 bits per heavy atom. The van der Waals surface area contributed by atoms with E-state index in [1.807, 2.05) is 0 Å². The molecule has 0 radical (unpaired) electrons. The summed E-state index contributed by atoms with van der Waals surface area (Å²) in [6, 6.07) is 0. The molecule has 0 amide bonds. The van der Waals surface area contributed by atoms with Gasteiger partial charge in [-0.3, -0.25) is 0 Å². The van der Waals surface area contributed by atoms with Crippen molar-refractivity contribution in [2.45, 2.75) is 40.8 Å². The Morgan fingerprint density at radius 3 is 1.26 bits per heavy atom. The average molecular weight is 377 g/mol. The number of hydrogen-bond acceptors (Lipinski definition) is 1. The maximum Gasteiger partial charge on any atom is 4.00 e. The average Bonchev–Trinajstić information content (AvgIpc) is 2.31. The molecule has 0 heterocycles. The molecule has 0 unspecified atom stereocenters. The van der Waals surface area contributed by atoms with Crippen LogP contribution >= 0.6 is 0 Å². The van der Waals surface area contributed by atoms with Crippen LogP contribution in [0.2, 0.25) is 13.1 Å². The topological polar surface area (TPSA) is 3.24 Å². The molecule has 1 aromatic carbocycles. The summed E-state index contributed by atoms with van der Waals surface area (Å²) in [5.41, 5.74) is 6.03. The molecule has 0 saturated heterocycles. The van der Waals surface area contributed by atoms with E-state index in [1.165, 1.54) is 22.3 Å². The Bertz CT molecular complexity index is 364. The van der Waals surface area contributed by atoms with Crippen molar-refractivity contribution >= 4 is 13.4 Å². The maximum absolute atomic E-state index is 2.43. The minimum atomic E-state index is -1.42. The second-order valence-electron chi connectivity index (χ2n) is 5.33. The normalized spacial score (nSPS) is 9.95. The molecule has 0 spiro atoms. The molecule has 0 saturated carbocycles. The summed E-state index contributed by atoms with van der Waals surface area (Å²) >= 11 is 0. The van der Waals surface area contributed by atoms with Gasteiger partial charge in [0.25, 0.3) is 0 Å². The van der Waals surface area contributed by atoms with E-state index in [0.29, 0.717) is 0 Å². The van der Waals surface area contributed by atoms with Crippen molar-refractivity contribution in [1.82, 2.24) is 4.57 Å². The van der Waals surface area contributed by atoms with Gasteiger partial charge in [0.05, 0.1) is 8.24 Å². The number of rotatable bonds is 2. The fourth-order valence-electron chi connectivity index (χ4n) is 2.36. The summed E-state index contributed by atoms with van der Waals surface area (Å²) in [7, 11) is 3.00. The molecule has 1 nitrogen and oxygen atoms in total. The largest absolute Gasteiger partial charge is 4.00 e. The van der Waals surface area contributed by atoms with Crippen LogP contribution in [0.5, 0.6) is 0 Å². The van der Waals surface area contributed by atoms with E-state index < -0.39 is 8.24 Å². The van der Waals surface area contributed by atoms with Gasteiger partial charge >= 0.3 is 21.7 Å². The molecule has 0 fully saturated rings. The van der Waals surface area contributed by atoms with Gasteiger partial charge in [0.1, 0.15) is 0 Å². The van der Waals surface area contributed by atoms with Gasteiger partial charge < -0.3 is 41.8 Å². The van der Waals surface area contributed by atoms with Crippen molar-refractivity contribution in [3.8, 4) is 0 Å². The Kier molecular flexibility index (Phi) is 14.8. The minimum absolute atomic E-state index is 0. The fraction of sp³-hybridized carbons (Fsp3) is 0.615. The third-order valence-electron chi connectivity index (χ3n) is 4.17. The van der Waals surface area contributed by atoms with E-state index in [1.54, 1.807) is 5.19 Å². The fourth-order valence-corrected chi connectivity index (χ4v) is 5.02. The number of hydrogen-bond donors (Lipinski definition) is 0. The van der Waals surface area contributed by atoms with E-state index in [-0.39, 0.29) is 58.9 Å². The van der Waals surface area contributed by atoms with Gasteiger partial charge in [0.15, 0.2) is 0 Å². The van der Waals surface area contributed by atoms with Crippen LogP contribution in [0.4, 0.5) is 0 Å². The van der Waals surface area contributed by atoms with Crippen LogP contribution in [0.15, 0.2) is 0 Å². The summed E-state index contributed by atoms with van der Waals surface area (Å²) in [6.45, 7) is 13.9. The Labute approximate surface area is 153 Å². The van der Waals surface area contributed by atoms with Gasteiger partial charge in [-0.15, -0.1) is 5.19 Å². The van der Waals surface area contributed by atoms with Gasteiger partial charge in [-0.05, 0) is 14.1 Å². The molecule has 1 aromatic rings. The van der Waals surface area contributed by atoms with Crippen molar-refractivity contribution in [1.29, 1.82) is 0 Å². The van der Waals surface area contributed by atoms with Crippen LogP contribution < -0.4 is 42.4 Å². The molecule has 19 heavy (non-hydrogen) atoms. The Morgan fingerprint density at radius 1 is 0.789 bits per heavy atom. The van der Waals surface area contributed by atoms with Gasteiger partial charge in [0, 0.05) is 0 Å². The zero-order valence-electron chi connectivity index (χ0n) is 13.1. The van der Waals surface area contributed by atoms with Gasteiger partial charge in [0.2, 0.25) is 0 Å². The summed E-state index contributed by atoms with van der Waals surface area (Å²) in [6.07, 6.45) is 0. The van der Waals surface area contributed by atoms with Crippen molar-refractivity contribution in [2.24, 2.45) is 0 Å².